The Morgan fingerprint density at radius 2 is 2.30 bits per heavy atom. The Bertz CT molecular complexity index is 585. The molecule has 1 aliphatic heterocycles. The number of carboxylic acid groups (broad SMARTS) is 1. The molecule has 1 atom stereocenters. The van der Waals surface area contributed by atoms with Crippen molar-refractivity contribution in [1.82, 2.24) is 4.72 Å². The smallest absolute Gasteiger partial charge is 0.339 e. The van der Waals surface area contributed by atoms with Gasteiger partial charge in [0.1, 0.15) is 17.1 Å². The summed E-state index contributed by atoms with van der Waals surface area (Å²) in [7, 11) is -3.47. The van der Waals surface area contributed by atoms with Crippen LogP contribution in [0.3, 0.4) is 0 Å². The summed E-state index contributed by atoms with van der Waals surface area (Å²) in [6.07, 6.45) is 1.35. The number of rotatable bonds is 6. The quantitative estimate of drug-likeness (QED) is 0.808. The fourth-order valence-corrected chi connectivity index (χ4v) is 3.34. The second kappa shape index (κ2) is 5.94. The standard InChI is InChI=1S/C12H17NO6S/c1-8-11(12(14)15)5-10(19-8)6-13-20(16,17)7-9-3-2-4-18-9/h5,9,13H,2-4,6-7H2,1H3,(H,14,15). The first-order chi connectivity index (χ1) is 9.37. The van der Waals surface area contributed by atoms with Crippen LogP contribution in [0.25, 0.3) is 0 Å². The van der Waals surface area contributed by atoms with Crippen molar-refractivity contribution in [3.8, 4) is 0 Å². The zero-order chi connectivity index (χ0) is 14.8. The number of carbonyl (C=O) groups is 1. The third-order valence-electron chi connectivity index (χ3n) is 3.09. The lowest BCUT2D eigenvalue weighted by Crippen LogP contribution is -2.31. The van der Waals surface area contributed by atoms with E-state index in [1.165, 1.54) is 13.0 Å². The molecule has 20 heavy (non-hydrogen) atoms. The van der Waals surface area contributed by atoms with E-state index in [0.717, 1.165) is 12.8 Å². The Hall–Kier alpha value is -1.38. The third kappa shape index (κ3) is 3.81. The van der Waals surface area contributed by atoms with Gasteiger partial charge in [-0.25, -0.2) is 17.9 Å². The molecule has 0 aromatic carbocycles. The molecule has 1 aromatic heterocycles. The number of aromatic carboxylic acids is 1. The summed E-state index contributed by atoms with van der Waals surface area (Å²) >= 11 is 0. The normalized spacial score (nSPS) is 19.4. The molecular formula is C12H17NO6S. The van der Waals surface area contributed by atoms with Crippen LogP contribution in [0, 0.1) is 6.92 Å². The summed E-state index contributed by atoms with van der Waals surface area (Å²) < 4.78 is 36.5. The minimum absolute atomic E-state index is 0.0401. The number of hydrogen-bond donors (Lipinski definition) is 2. The molecule has 0 radical (unpaired) electrons. The van der Waals surface area contributed by atoms with Crippen molar-refractivity contribution in [2.75, 3.05) is 12.4 Å². The predicted molar refractivity (Wildman–Crippen MR) is 70.0 cm³/mol. The first-order valence-corrected chi connectivity index (χ1v) is 7.94. The molecule has 112 valence electrons. The van der Waals surface area contributed by atoms with Crippen molar-refractivity contribution in [3.05, 3.63) is 23.2 Å². The fraction of sp³-hybridized carbons (Fsp3) is 0.583. The van der Waals surface area contributed by atoms with Gasteiger partial charge in [0.15, 0.2) is 0 Å². The van der Waals surface area contributed by atoms with Gasteiger partial charge in [-0.2, -0.15) is 0 Å². The van der Waals surface area contributed by atoms with Gasteiger partial charge in [-0.05, 0) is 25.8 Å². The summed E-state index contributed by atoms with van der Waals surface area (Å²) in [5.41, 5.74) is 0.0401. The molecule has 0 spiro atoms. The van der Waals surface area contributed by atoms with E-state index in [4.69, 9.17) is 14.3 Å². The highest BCUT2D eigenvalue weighted by molar-refractivity contribution is 7.89. The second-order valence-corrected chi connectivity index (χ2v) is 6.58. The van der Waals surface area contributed by atoms with Gasteiger partial charge >= 0.3 is 5.97 Å². The van der Waals surface area contributed by atoms with E-state index in [9.17, 15) is 13.2 Å². The Kier molecular flexibility index (Phi) is 4.46. The number of ether oxygens (including phenoxy) is 1. The van der Waals surface area contributed by atoms with E-state index in [2.05, 4.69) is 4.72 Å². The lowest BCUT2D eigenvalue weighted by molar-refractivity contribution is 0.0695. The van der Waals surface area contributed by atoms with Crippen LogP contribution in [0.5, 0.6) is 0 Å². The van der Waals surface area contributed by atoms with Crippen LogP contribution in [0.15, 0.2) is 10.5 Å². The number of hydrogen-bond acceptors (Lipinski definition) is 5. The molecule has 1 unspecified atom stereocenters. The van der Waals surface area contributed by atoms with E-state index < -0.39 is 16.0 Å². The van der Waals surface area contributed by atoms with E-state index in [-0.39, 0.29) is 35.5 Å². The van der Waals surface area contributed by atoms with Gasteiger partial charge in [-0.15, -0.1) is 0 Å². The maximum atomic E-state index is 11.8. The summed E-state index contributed by atoms with van der Waals surface area (Å²) in [4.78, 5) is 10.9. The lowest BCUT2D eigenvalue weighted by atomic mass is 10.2. The molecule has 0 amide bonds. The highest BCUT2D eigenvalue weighted by atomic mass is 32.2. The van der Waals surface area contributed by atoms with Crippen molar-refractivity contribution in [2.24, 2.45) is 0 Å². The van der Waals surface area contributed by atoms with Crippen LogP contribution in [-0.4, -0.2) is 38.0 Å². The van der Waals surface area contributed by atoms with E-state index in [1.807, 2.05) is 0 Å². The average Bonchev–Trinajstić information content (AvgIpc) is 2.95. The molecule has 1 aliphatic rings. The molecule has 2 heterocycles. The van der Waals surface area contributed by atoms with Crippen LogP contribution in [0.4, 0.5) is 0 Å². The van der Waals surface area contributed by atoms with Gasteiger partial charge < -0.3 is 14.3 Å². The molecule has 1 aromatic rings. The maximum Gasteiger partial charge on any atom is 0.339 e. The molecular weight excluding hydrogens is 286 g/mol. The zero-order valence-corrected chi connectivity index (χ0v) is 11.9. The van der Waals surface area contributed by atoms with Crippen LogP contribution in [-0.2, 0) is 21.3 Å². The first-order valence-electron chi connectivity index (χ1n) is 6.29. The van der Waals surface area contributed by atoms with Gasteiger partial charge in [0.05, 0.1) is 18.4 Å². The van der Waals surface area contributed by atoms with Crippen molar-refractivity contribution in [2.45, 2.75) is 32.4 Å². The summed E-state index contributed by atoms with van der Waals surface area (Å²) in [6.45, 7) is 2.05. The monoisotopic (exact) mass is 303 g/mol. The Labute approximate surface area is 117 Å². The minimum atomic E-state index is -3.47. The van der Waals surface area contributed by atoms with Crippen molar-refractivity contribution < 1.29 is 27.5 Å². The summed E-state index contributed by atoms with van der Waals surface area (Å²) in [6, 6.07) is 1.33. The molecule has 1 fully saturated rings. The zero-order valence-electron chi connectivity index (χ0n) is 11.1. The largest absolute Gasteiger partial charge is 0.478 e. The van der Waals surface area contributed by atoms with Crippen LogP contribution < -0.4 is 4.72 Å². The Morgan fingerprint density at radius 1 is 1.55 bits per heavy atom. The summed E-state index contributed by atoms with van der Waals surface area (Å²) in [5, 5.41) is 8.88. The Balaban J connectivity index is 1.93. The van der Waals surface area contributed by atoms with E-state index >= 15 is 0 Å². The van der Waals surface area contributed by atoms with Gasteiger partial charge in [0.25, 0.3) is 0 Å². The van der Waals surface area contributed by atoms with Crippen molar-refractivity contribution in [1.29, 1.82) is 0 Å². The maximum absolute atomic E-state index is 11.8. The summed E-state index contributed by atoms with van der Waals surface area (Å²) in [5.74, 6) is -0.653. The van der Waals surface area contributed by atoms with Crippen LogP contribution >= 0.6 is 0 Å². The number of carboxylic acids is 1. The molecule has 0 aliphatic carbocycles. The molecule has 0 bridgehead atoms. The predicted octanol–water partition coefficient (Wildman–Crippen LogP) is 0.885. The molecule has 7 nitrogen and oxygen atoms in total. The average molecular weight is 303 g/mol. The number of furan rings is 1. The van der Waals surface area contributed by atoms with Crippen molar-refractivity contribution in [3.63, 3.8) is 0 Å². The highest BCUT2D eigenvalue weighted by Gasteiger charge is 2.23. The second-order valence-electron chi connectivity index (χ2n) is 4.73. The fourth-order valence-electron chi connectivity index (χ4n) is 2.10. The van der Waals surface area contributed by atoms with E-state index in [1.54, 1.807) is 0 Å². The molecule has 1 saturated heterocycles. The molecule has 2 N–H and O–H groups in total. The molecule has 8 heteroatoms. The molecule has 2 rings (SSSR count). The van der Waals surface area contributed by atoms with Crippen molar-refractivity contribution >= 4 is 16.0 Å². The third-order valence-corrected chi connectivity index (χ3v) is 4.49. The Morgan fingerprint density at radius 3 is 2.85 bits per heavy atom. The van der Waals surface area contributed by atoms with E-state index in [0.29, 0.717) is 6.61 Å². The molecule has 0 saturated carbocycles. The van der Waals surface area contributed by atoms with Crippen LogP contribution in [0.2, 0.25) is 0 Å². The first kappa shape index (κ1) is 15.0. The number of aryl methyl sites for hydroxylation is 1. The number of sulfonamides is 1. The highest BCUT2D eigenvalue weighted by Crippen LogP contribution is 2.16. The van der Waals surface area contributed by atoms with Gasteiger partial charge in [-0.3, -0.25) is 0 Å². The minimum Gasteiger partial charge on any atom is -0.478 e. The topological polar surface area (TPSA) is 106 Å². The van der Waals surface area contributed by atoms with Gasteiger partial charge in [0.2, 0.25) is 10.0 Å². The lowest BCUT2D eigenvalue weighted by Gasteiger charge is -2.10. The number of nitrogens with one attached hydrogen (secondary N) is 1. The van der Waals surface area contributed by atoms with Crippen LogP contribution in [0.1, 0.15) is 34.7 Å². The van der Waals surface area contributed by atoms with Gasteiger partial charge in [0, 0.05) is 6.61 Å². The SMILES string of the molecule is Cc1oc(CNS(=O)(=O)CC2CCCO2)cc1C(=O)O. The van der Waals surface area contributed by atoms with Gasteiger partial charge in [-0.1, -0.05) is 0 Å².